The molecule has 9 rings (SSSR count). The summed E-state index contributed by atoms with van der Waals surface area (Å²) in [4.78, 5) is 113. The first-order valence-electron chi connectivity index (χ1n) is 37.0. The SMILES string of the molecule is CC(=O)NCCN(CCCCc1ccc2c(n1)CCCC2)CC[C@H](Cc1ccncn1)C(=O)O.CC(=O)NCCN(CCCCc1ccc2c(n1)CCCC2)CC[C@H](N)C(=O)O.CC(=O)NCCN(CCCCc1ccc2c(n1)CCCC2)CC[C@H](Nc1ncncc1Br)C(=O)O.Clc1ncncc1Br. The lowest BCUT2D eigenvalue weighted by atomic mass is 9.95. The molecule has 3 aliphatic rings. The minimum Gasteiger partial charge on any atom is -0.481 e. The van der Waals surface area contributed by atoms with Gasteiger partial charge in [-0.15, -0.1) is 0 Å². The average Bonchev–Trinajstić information content (AvgIpc) is 0.856. The van der Waals surface area contributed by atoms with E-state index >= 15 is 0 Å². The third-order valence-corrected chi connectivity index (χ3v) is 20.2. The highest BCUT2D eigenvalue weighted by Gasteiger charge is 2.23. The Morgan fingerprint density at radius 1 is 0.476 bits per heavy atom. The number of carbonyl (C=O) groups is 6. The maximum atomic E-state index is 11.8. The number of nitrogens with one attached hydrogen (secondary N) is 4. The van der Waals surface area contributed by atoms with Gasteiger partial charge in [-0.25, -0.2) is 34.7 Å². The van der Waals surface area contributed by atoms with Gasteiger partial charge in [-0.2, -0.15) is 0 Å². The fraction of sp³-hybridized carbons (Fsp3) is 0.566. The van der Waals surface area contributed by atoms with Crippen LogP contribution in [0.4, 0.5) is 5.82 Å². The van der Waals surface area contributed by atoms with Crippen molar-refractivity contribution in [3.63, 3.8) is 0 Å². The van der Waals surface area contributed by atoms with Gasteiger partial charge >= 0.3 is 17.9 Å². The van der Waals surface area contributed by atoms with Crippen LogP contribution in [-0.4, -0.2) is 201 Å². The Balaban J connectivity index is 0.000000235. The number of carbonyl (C=O) groups excluding carboxylic acids is 3. The second-order valence-corrected chi connectivity index (χ2v) is 28.9. The van der Waals surface area contributed by atoms with Gasteiger partial charge in [-0.05, 0) is 253 Å². The van der Waals surface area contributed by atoms with E-state index in [1.807, 2.05) is 0 Å². The van der Waals surface area contributed by atoms with Gasteiger partial charge in [0.2, 0.25) is 17.7 Å². The molecular weight excluding hydrogens is 1490 g/mol. The lowest BCUT2D eigenvalue weighted by Gasteiger charge is -2.25. The molecular formula is C76H108Br2ClN17O9. The minimum atomic E-state index is -0.972. The lowest BCUT2D eigenvalue weighted by Crippen LogP contribution is -2.39. The third-order valence-electron chi connectivity index (χ3n) is 18.5. The zero-order chi connectivity index (χ0) is 75.6. The van der Waals surface area contributed by atoms with E-state index in [2.05, 4.69) is 134 Å². The van der Waals surface area contributed by atoms with E-state index in [9.17, 15) is 39.0 Å². The van der Waals surface area contributed by atoms with E-state index in [0.717, 1.165) is 132 Å². The van der Waals surface area contributed by atoms with Crippen LogP contribution in [0.25, 0.3) is 0 Å². The largest absolute Gasteiger partial charge is 0.481 e. The summed E-state index contributed by atoms with van der Waals surface area (Å²) in [6.45, 7) is 12.6. The number of hydrogen-bond acceptors (Lipinski definition) is 20. The summed E-state index contributed by atoms with van der Waals surface area (Å²) < 4.78 is 1.34. The van der Waals surface area contributed by atoms with Crippen molar-refractivity contribution in [2.24, 2.45) is 11.7 Å². The number of anilines is 1. The van der Waals surface area contributed by atoms with Gasteiger partial charge in [0.1, 0.15) is 42.0 Å². The number of nitrogens with two attached hydrogens (primary N) is 1. The average molecular weight is 1600 g/mol. The van der Waals surface area contributed by atoms with Gasteiger partial charge in [0, 0.05) is 138 Å². The van der Waals surface area contributed by atoms with Crippen molar-refractivity contribution in [3.8, 4) is 0 Å². The van der Waals surface area contributed by atoms with E-state index in [1.165, 1.54) is 123 Å². The number of unbranched alkanes of at least 4 members (excludes halogenated alkanes) is 3. The number of halogens is 3. The predicted octanol–water partition coefficient (Wildman–Crippen LogP) is 9.49. The molecule has 0 saturated carbocycles. The molecule has 0 aromatic carbocycles. The Labute approximate surface area is 640 Å². The van der Waals surface area contributed by atoms with Crippen LogP contribution in [0.1, 0.15) is 174 Å². The molecule has 29 heteroatoms. The van der Waals surface area contributed by atoms with Crippen molar-refractivity contribution in [2.75, 3.05) is 83.9 Å². The first-order chi connectivity index (χ1) is 50.7. The molecule has 572 valence electrons. The number of nitrogens with zero attached hydrogens (tertiary/aromatic N) is 12. The van der Waals surface area contributed by atoms with Gasteiger partial charge in [0.25, 0.3) is 0 Å². The van der Waals surface area contributed by atoms with Crippen LogP contribution in [0.5, 0.6) is 0 Å². The number of rotatable bonds is 40. The Hall–Kier alpha value is -7.60. The van der Waals surface area contributed by atoms with E-state index in [-0.39, 0.29) is 17.7 Å². The Kier molecular flexibility index (Phi) is 40.5. The Bertz CT molecular complexity index is 3610. The lowest BCUT2D eigenvalue weighted by molar-refractivity contribution is -0.142. The third kappa shape index (κ3) is 35.1. The standard InChI is InChI=1S/C26H37N5O3.C25H35BrN6O3.C21H34N4O3.C4H2BrClN2/c1-20(32)28-14-17-31(16-12-22(26(33)34)18-24-11-13-27-19-29-24)15-5-4-7-23-10-9-21-6-2-3-8-25(21)30-23;1-18(33)28-12-15-32(14-11-23(25(34)35)31-24-21(26)16-27-17-29-24)13-5-4-7-20-10-9-19-6-2-3-8-22(19)30-20;1-16(26)23-12-15-25(14-11-19(22)21(27)28)13-5-4-7-18-10-9-17-6-2-3-8-20(17)24-18;5-3-1-7-2-8-4(3)6/h9-11,13,19,22H,2-8,12,14-18H2,1H3,(H,28,32)(H,33,34);9-10,16-17,23H,2-8,11-15H2,1H3,(H,28,33)(H,34,35)(H,27,29,31);9-10,19H,2-8,11-15,22H2,1H3,(H,23,26)(H,27,28);1-2H/t22-;23-;19-;/m100./s1. The predicted molar refractivity (Wildman–Crippen MR) is 413 cm³/mol. The summed E-state index contributed by atoms with van der Waals surface area (Å²) in [7, 11) is 0. The molecule has 0 saturated heterocycles. The number of fused-ring (bicyclic) bond motifs is 3. The van der Waals surface area contributed by atoms with E-state index in [0.29, 0.717) is 100 Å². The molecule has 26 nitrogen and oxygen atoms in total. The molecule has 0 aliphatic heterocycles. The highest BCUT2D eigenvalue weighted by Crippen LogP contribution is 2.25. The molecule has 0 radical (unpaired) electrons. The number of aryl methyl sites for hydroxylation is 9. The van der Waals surface area contributed by atoms with Gasteiger partial charge in [-0.3, -0.25) is 38.9 Å². The number of aliphatic carboxylic acids is 3. The van der Waals surface area contributed by atoms with Crippen molar-refractivity contribution >= 4 is 84.9 Å². The maximum absolute atomic E-state index is 11.8. The molecule has 6 aromatic rings. The quantitative estimate of drug-likeness (QED) is 0.0131. The van der Waals surface area contributed by atoms with Crippen LogP contribution in [0, 0.1) is 5.92 Å². The summed E-state index contributed by atoms with van der Waals surface area (Å²) in [6, 6.07) is 13.3. The Morgan fingerprint density at radius 3 is 1.28 bits per heavy atom. The van der Waals surface area contributed by atoms with Crippen LogP contribution >= 0.6 is 43.5 Å². The zero-order valence-electron chi connectivity index (χ0n) is 61.3. The zero-order valence-corrected chi connectivity index (χ0v) is 65.2. The summed E-state index contributed by atoms with van der Waals surface area (Å²) in [6.07, 6.45) is 33.9. The van der Waals surface area contributed by atoms with Gasteiger partial charge in [0.15, 0.2) is 0 Å². The molecule has 0 spiro atoms. The van der Waals surface area contributed by atoms with Gasteiger partial charge < -0.3 is 57.0 Å². The van der Waals surface area contributed by atoms with Gasteiger partial charge in [0.05, 0.1) is 14.9 Å². The first kappa shape index (κ1) is 86.3. The topological polar surface area (TPSA) is 363 Å². The number of aromatic nitrogens is 9. The number of carboxylic acid groups (broad SMARTS) is 3. The molecule has 0 bridgehead atoms. The van der Waals surface area contributed by atoms with Crippen molar-refractivity contribution in [3.05, 3.63) is 151 Å². The van der Waals surface area contributed by atoms with Crippen LogP contribution in [0.2, 0.25) is 5.15 Å². The number of amides is 3. The smallest absolute Gasteiger partial charge is 0.326 e. The van der Waals surface area contributed by atoms with Crippen LogP contribution in [0.15, 0.2) is 89.0 Å². The fourth-order valence-electron chi connectivity index (χ4n) is 12.6. The number of carboxylic acids is 3. The molecule has 9 N–H and O–H groups in total. The molecule has 6 aromatic heterocycles. The highest BCUT2D eigenvalue weighted by atomic mass is 79.9. The van der Waals surface area contributed by atoms with E-state index in [4.69, 9.17) is 37.4 Å². The molecule has 3 aliphatic carbocycles. The van der Waals surface area contributed by atoms with E-state index < -0.39 is 35.9 Å². The molecule has 3 amide bonds. The van der Waals surface area contributed by atoms with Crippen molar-refractivity contribution < 1.29 is 44.1 Å². The second-order valence-electron chi connectivity index (χ2n) is 26.9. The second kappa shape index (κ2) is 49.3. The molecule has 105 heavy (non-hydrogen) atoms. The molecule has 6 heterocycles. The summed E-state index contributed by atoms with van der Waals surface area (Å²) in [5, 5.41) is 40.3. The van der Waals surface area contributed by atoms with E-state index in [1.54, 1.807) is 24.7 Å². The highest BCUT2D eigenvalue weighted by molar-refractivity contribution is 9.11. The van der Waals surface area contributed by atoms with Crippen molar-refractivity contribution in [1.82, 2.24) is 75.5 Å². The van der Waals surface area contributed by atoms with Gasteiger partial charge in [-0.1, -0.05) is 29.8 Å². The summed E-state index contributed by atoms with van der Waals surface area (Å²) >= 11 is 12.0. The van der Waals surface area contributed by atoms with Crippen LogP contribution in [-0.2, 0) is 93.0 Å². The Morgan fingerprint density at radius 2 is 0.895 bits per heavy atom. The molecule has 3 atom stereocenters. The van der Waals surface area contributed by atoms with Crippen LogP contribution in [0.3, 0.4) is 0 Å². The molecule has 0 fully saturated rings. The van der Waals surface area contributed by atoms with Crippen molar-refractivity contribution in [2.45, 2.75) is 193 Å². The van der Waals surface area contributed by atoms with Crippen LogP contribution < -0.4 is 27.0 Å². The molecule has 0 unspecified atom stereocenters. The normalized spacial score (nSPS) is 13.7. The number of pyridine rings is 3. The summed E-state index contributed by atoms with van der Waals surface area (Å²) in [5.74, 6) is -2.93. The summed E-state index contributed by atoms with van der Waals surface area (Å²) in [5.41, 5.74) is 17.9. The first-order valence-corrected chi connectivity index (χ1v) is 39.0. The number of hydrogen-bond donors (Lipinski definition) is 8. The maximum Gasteiger partial charge on any atom is 0.326 e. The minimum absolute atomic E-state index is 0.0504. The fourth-order valence-corrected chi connectivity index (χ4v) is 13.3. The monoisotopic (exact) mass is 1600 g/mol. The van der Waals surface area contributed by atoms with Crippen molar-refractivity contribution in [1.29, 1.82) is 0 Å².